The van der Waals surface area contributed by atoms with Crippen molar-refractivity contribution in [1.82, 2.24) is 0 Å². The van der Waals surface area contributed by atoms with Crippen molar-refractivity contribution in [2.24, 2.45) is 0 Å². The summed E-state index contributed by atoms with van der Waals surface area (Å²) in [5.74, 6) is -0.645. The maximum atomic E-state index is 13.2. The lowest BCUT2D eigenvalue weighted by molar-refractivity contribution is -0.184. The highest BCUT2D eigenvalue weighted by molar-refractivity contribution is 6.30. The van der Waals surface area contributed by atoms with Crippen LogP contribution in [-0.2, 0) is 20.7 Å². The van der Waals surface area contributed by atoms with Crippen molar-refractivity contribution in [2.75, 3.05) is 7.11 Å². The molecule has 0 radical (unpaired) electrons. The standard InChI is InChI=1S/C24H27ClO4/c1-7-14-8-9-15(17-11-10-16(25)13-19(17)28-6)12-18(14)20-21(26)23(2,3)29-24(4,5)22(20)27/h8-13,20H,7H2,1-6H3. The summed E-state index contributed by atoms with van der Waals surface area (Å²) in [6, 6.07) is 11.3. The van der Waals surface area contributed by atoms with Crippen molar-refractivity contribution in [2.45, 2.75) is 58.2 Å². The SMILES string of the molecule is CCc1ccc(-c2ccc(Cl)cc2OC)cc1C1C(=O)C(C)(C)OC(C)(C)C1=O. The van der Waals surface area contributed by atoms with Gasteiger partial charge in [-0.15, -0.1) is 0 Å². The fourth-order valence-corrected chi connectivity index (χ4v) is 4.25. The van der Waals surface area contributed by atoms with Crippen LogP contribution in [0.2, 0.25) is 5.02 Å². The molecule has 3 rings (SSSR count). The largest absolute Gasteiger partial charge is 0.496 e. The molecule has 1 aliphatic heterocycles. The molecule has 2 aromatic rings. The second-order valence-electron chi connectivity index (χ2n) is 8.40. The van der Waals surface area contributed by atoms with Crippen molar-refractivity contribution >= 4 is 23.2 Å². The third-order valence-electron chi connectivity index (χ3n) is 5.53. The van der Waals surface area contributed by atoms with Crippen molar-refractivity contribution in [3.05, 3.63) is 52.5 Å². The number of benzene rings is 2. The first-order valence-electron chi connectivity index (χ1n) is 9.77. The number of Topliss-reactive ketones (excluding diaryl/α,β-unsaturated/α-hetero) is 2. The monoisotopic (exact) mass is 414 g/mol. The molecule has 154 valence electrons. The highest BCUT2D eigenvalue weighted by Gasteiger charge is 2.53. The number of hydrogen-bond donors (Lipinski definition) is 0. The van der Waals surface area contributed by atoms with Crippen LogP contribution in [0.3, 0.4) is 0 Å². The molecule has 0 aliphatic carbocycles. The molecule has 0 spiro atoms. The number of carbonyl (C=O) groups is 2. The predicted molar refractivity (Wildman–Crippen MR) is 115 cm³/mol. The molecule has 0 N–H and O–H groups in total. The van der Waals surface area contributed by atoms with Crippen molar-refractivity contribution in [3.8, 4) is 16.9 Å². The van der Waals surface area contributed by atoms with Crippen molar-refractivity contribution in [1.29, 1.82) is 0 Å². The second kappa shape index (κ2) is 7.58. The van der Waals surface area contributed by atoms with Crippen molar-refractivity contribution in [3.63, 3.8) is 0 Å². The Hall–Kier alpha value is -2.17. The Morgan fingerprint density at radius 1 is 1.00 bits per heavy atom. The fraction of sp³-hybridized carbons (Fsp3) is 0.417. The van der Waals surface area contributed by atoms with Crippen LogP contribution in [0.25, 0.3) is 11.1 Å². The number of ether oxygens (including phenoxy) is 2. The lowest BCUT2D eigenvalue weighted by atomic mass is 9.73. The highest BCUT2D eigenvalue weighted by atomic mass is 35.5. The molecule has 0 atom stereocenters. The van der Waals surface area contributed by atoms with Crippen LogP contribution in [0.5, 0.6) is 5.75 Å². The van der Waals surface area contributed by atoms with Gasteiger partial charge in [-0.25, -0.2) is 0 Å². The quantitative estimate of drug-likeness (QED) is 0.629. The second-order valence-corrected chi connectivity index (χ2v) is 8.83. The van der Waals surface area contributed by atoms with Crippen LogP contribution in [0.15, 0.2) is 36.4 Å². The number of ketones is 2. The van der Waals surface area contributed by atoms with E-state index in [0.29, 0.717) is 17.2 Å². The smallest absolute Gasteiger partial charge is 0.179 e. The van der Waals surface area contributed by atoms with Gasteiger partial charge in [0.1, 0.15) is 22.9 Å². The lowest BCUT2D eigenvalue weighted by Crippen LogP contribution is -2.58. The summed E-state index contributed by atoms with van der Waals surface area (Å²) in [4.78, 5) is 26.5. The zero-order valence-corrected chi connectivity index (χ0v) is 18.5. The first kappa shape index (κ1) is 21.5. The topological polar surface area (TPSA) is 52.6 Å². The van der Waals surface area contributed by atoms with E-state index in [1.165, 1.54) is 0 Å². The predicted octanol–water partition coefficient (Wildman–Crippen LogP) is 5.39. The van der Waals surface area contributed by atoms with Crippen LogP contribution in [0.4, 0.5) is 0 Å². The van der Waals surface area contributed by atoms with Crippen LogP contribution >= 0.6 is 11.6 Å². The van der Waals surface area contributed by atoms with E-state index in [1.54, 1.807) is 46.9 Å². The van der Waals surface area contributed by atoms with Gasteiger partial charge in [-0.1, -0.05) is 30.7 Å². The molecule has 1 saturated heterocycles. The molecule has 0 bridgehead atoms. The maximum absolute atomic E-state index is 13.2. The average Bonchev–Trinajstić information content (AvgIpc) is 2.66. The molecule has 0 amide bonds. The average molecular weight is 415 g/mol. The molecule has 4 nitrogen and oxygen atoms in total. The van der Waals surface area contributed by atoms with E-state index in [1.807, 2.05) is 31.2 Å². The Balaban J connectivity index is 2.20. The first-order valence-corrected chi connectivity index (χ1v) is 10.1. The van der Waals surface area contributed by atoms with Crippen LogP contribution in [0.1, 0.15) is 51.7 Å². The number of hydrogen-bond acceptors (Lipinski definition) is 4. The van der Waals surface area contributed by atoms with Gasteiger partial charge in [0.05, 0.1) is 7.11 Å². The maximum Gasteiger partial charge on any atom is 0.179 e. The molecule has 29 heavy (non-hydrogen) atoms. The van der Waals surface area contributed by atoms with E-state index in [-0.39, 0.29) is 11.6 Å². The molecule has 0 unspecified atom stereocenters. The van der Waals surface area contributed by atoms with Gasteiger partial charge < -0.3 is 9.47 Å². The minimum atomic E-state index is -1.04. The number of rotatable bonds is 4. The van der Waals surface area contributed by atoms with Crippen LogP contribution in [-0.4, -0.2) is 29.9 Å². The summed E-state index contributed by atoms with van der Waals surface area (Å²) in [5, 5.41) is 0.578. The van der Waals surface area contributed by atoms with E-state index < -0.39 is 17.1 Å². The van der Waals surface area contributed by atoms with Gasteiger partial charge in [-0.2, -0.15) is 0 Å². The molecule has 0 aromatic heterocycles. The molecular formula is C24H27ClO4. The van der Waals surface area contributed by atoms with E-state index in [4.69, 9.17) is 21.1 Å². The van der Waals surface area contributed by atoms with Crippen LogP contribution < -0.4 is 4.74 Å². The Morgan fingerprint density at radius 3 is 2.17 bits per heavy atom. The van der Waals surface area contributed by atoms with Gasteiger partial charge >= 0.3 is 0 Å². The highest BCUT2D eigenvalue weighted by Crippen LogP contribution is 2.41. The van der Waals surface area contributed by atoms with Gasteiger partial charge in [0.25, 0.3) is 0 Å². The Bertz CT molecular complexity index is 949. The Morgan fingerprint density at radius 2 is 1.62 bits per heavy atom. The third kappa shape index (κ3) is 3.84. The van der Waals surface area contributed by atoms with E-state index in [9.17, 15) is 9.59 Å². The number of methoxy groups -OCH3 is 1. The van der Waals surface area contributed by atoms with Crippen LogP contribution in [0, 0.1) is 0 Å². The number of halogens is 1. The third-order valence-corrected chi connectivity index (χ3v) is 5.77. The minimum absolute atomic E-state index is 0.211. The van der Waals surface area contributed by atoms with E-state index >= 15 is 0 Å². The number of aryl methyl sites for hydroxylation is 1. The van der Waals surface area contributed by atoms with Gasteiger partial charge in [0.15, 0.2) is 11.6 Å². The van der Waals surface area contributed by atoms with Gasteiger partial charge in [0.2, 0.25) is 0 Å². The Labute approximate surface area is 177 Å². The normalized spacial score (nSPS) is 18.7. The van der Waals surface area contributed by atoms with Gasteiger partial charge in [-0.05, 0) is 75.1 Å². The molecule has 1 aliphatic rings. The number of carbonyl (C=O) groups excluding carboxylic acids is 2. The van der Waals surface area contributed by atoms with E-state index in [0.717, 1.165) is 22.3 Å². The van der Waals surface area contributed by atoms with Gasteiger partial charge in [-0.3, -0.25) is 9.59 Å². The summed E-state index contributed by atoms with van der Waals surface area (Å²) in [6.07, 6.45) is 0.714. The summed E-state index contributed by atoms with van der Waals surface area (Å²) >= 11 is 6.10. The summed E-state index contributed by atoms with van der Waals surface area (Å²) in [7, 11) is 1.59. The zero-order chi connectivity index (χ0) is 21.6. The van der Waals surface area contributed by atoms with Crippen molar-refractivity contribution < 1.29 is 19.1 Å². The summed E-state index contributed by atoms with van der Waals surface area (Å²) in [6.45, 7) is 8.94. The molecule has 1 fully saturated rings. The Kier molecular flexibility index (Phi) is 5.63. The molecule has 0 saturated carbocycles. The first-order chi connectivity index (χ1) is 13.5. The fourth-order valence-electron chi connectivity index (χ4n) is 4.09. The summed E-state index contributed by atoms with van der Waals surface area (Å²) < 4.78 is 11.3. The molecular weight excluding hydrogens is 388 g/mol. The molecule has 1 heterocycles. The van der Waals surface area contributed by atoms with Gasteiger partial charge in [0, 0.05) is 10.6 Å². The van der Waals surface area contributed by atoms with E-state index in [2.05, 4.69) is 0 Å². The zero-order valence-electron chi connectivity index (χ0n) is 17.8. The molecule has 5 heteroatoms. The molecule has 2 aromatic carbocycles. The minimum Gasteiger partial charge on any atom is -0.496 e. The summed E-state index contributed by atoms with van der Waals surface area (Å²) in [5.41, 5.74) is 1.35. The lowest BCUT2D eigenvalue weighted by Gasteiger charge is -2.43.